The Kier molecular flexibility index (Phi) is 5.51. The van der Waals surface area contributed by atoms with Crippen molar-refractivity contribution in [2.24, 2.45) is 17.3 Å². The lowest BCUT2D eigenvalue weighted by molar-refractivity contribution is -0.0198. The molecule has 0 radical (unpaired) electrons. The van der Waals surface area contributed by atoms with E-state index in [1.807, 2.05) is 12.1 Å². The van der Waals surface area contributed by atoms with E-state index < -0.39 is 0 Å². The molecule has 1 aromatic carbocycles. The Morgan fingerprint density at radius 1 is 1.00 bits per heavy atom. The number of hydrogen-bond acceptors (Lipinski definition) is 2. The molecule has 4 aliphatic rings. The van der Waals surface area contributed by atoms with Crippen molar-refractivity contribution in [3.05, 3.63) is 34.9 Å². The van der Waals surface area contributed by atoms with Gasteiger partial charge in [0.1, 0.15) is 11.5 Å². The van der Waals surface area contributed by atoms with Crippen LogP contribution in [0.1, 0.15) is 109 Å². The number of allylic oxidation sites excluding steroid dienone is 2. The Hall–Kier alpha value is -1.44. The van der Waals surface area contributed by atoms with Gasteiger partial charge in [-0.1, -0.05) is 70.9 Å². The Labute approximate surface area is 177 Å². The van der Waals surface area contributed by atoms with Crippen molar-refractivity contribution in [3.8, 4) is 11.5 Å². The van der Waals surface area contributed by atoms with Gasteiger partial charge in [0.25, 0.3) is 0 Å². The monoisotopic (exact) mass is 396 g/mol. The molecule has 4 aliphatic carbocycles. The highest BCUT2D eigenvalue weighted by molar-refractivity contribution is 5.54. The summed E-state index contributed by atoms with van der Waals surface area (Å²) in [6, 6.07) is 4.03. The van der Waals surface area contributed by atoms with Crippen LogP contribution < -0.4 is 0 Å². The van der Waals surface area contributed by atoms with E-state index >= 15 is 0 Å². The summed E-state index contributed by atoms with van der Waals surface area (Å²) in [5.74, 6) is 1.93. The fourth-order valence-electron chi connectivity index (χ4n) is 7.04. The van der Waals surface area contributed by atoms with Gasteiger partial charge in [-0.05, 0) is 73.0 Å². The minimum atomic E-state index is 0.133. The van der Waals surface area contributed by atoms with Crippen LogP contribution in [0.25, 0.3) is 0 Å². The normalized spacial score (nSPS) is 29.4. The Morgan fingerprint density at radius 2 is 1.66 bits per heavy atom. The van der Waals surface area contributed by atoms with E-state index in [-0.39, 0.29) is 16.7 Å². The van der Waals surface area contributed by atoms with Gasteiger partial charge in [-0.25, -0.2) is 0 Å². The molecule has 2 saturated carbocycles. The average Bonchev–Trinajstić information content (AvgIpc) is 3.14. The number of benzene rings is 1. The number of aromatic hydroxyl groups is 2. The van der Waals surface area contributed by atoms with E-state index in [2.05, 4.69) is 33.8 Å². The first-order chi connectivity index (χ1) is 13.8. The first-order valence-corrected chi connectivity index (χ1v) is 12.0. The minimum Gasteiger partial charge on any atom is -0.507 e. The van der Waals surface area contributed by atoms with Gasteiger partial charge in [0.15, 0.2) is 0 Å². The van der Waals surface area contributed by atoms with Gasteiger partial charge in [-0.15, -0.1) is 0 Å². The zero-order chi connectivity index (χ0) is 20.8. The highest BCUT2D eigenvalue weighted by atomic mass is 16.3. The summed E-state index contributed by atoms with van der Waals surface area (Å²) < 4.78 is 0. The van der Waals surface area contributed by atoms with Crippen molar-refractivity contribution >= 4 is 0 Å². The van der Waals surface area contributed by atoms with Gasteiger partial charge in [0, 0.05) is 11.5 Å². The third-order valence-corrected chi connectivity index (χ3v) is 8.92. The van der Waals surface area contributed by atoms with Crippen LogP contribution in [-0.4, -0.2) is 10.2 Å². The maximum Gasteiger partial charge on any atom is 0.123 e. The molecule has 0 heterocycles. The van der Waals surface area contributed by atoms with E-state index in [0.29, 0.717) is 23.3 Å². The molecule has 0 unspecified atom stereocenters. The molecule has 0 spiro atoms. The quantitative estimate of drug-likeness (QED) is 0.368. The van der Waals surface area contributed by atoms with Crippen molar-refractivity contribution in [2.75, 3.05) is 0 Å². The number of fused-ring (bicyclic) bond motifs is 1. The molecule has 2 nitrogen and oxygen atoms in total. The number of rotatable bonds is 7. The topological polar surface area (TPSA) is 40.5 Å². The van der Waals surface area contributed by atoms with Crippen LogP contribution in [0.2, 0.25) is 0 Å². The van der Waals surface area contributed by atoms with E-state index in [4.69, 9.17) is 0 Å². The number of phenolic OH excluding ortho intramolecular Hbond substituents is 2. The molecule has 0 aliphatic heterocycles. The van der Waals surface area contributed by atoms with Crippen LogP contribution in [0.4, 0.5) is 0 Å². The van der Waals surface area contributed by atoms with Crippen molar-refractivity contribution in [1.29, 1.82) is 0 Å². The molecule has 2 bridgehead atoms. The Bertz CT molecular complexity index is 759. The maximum absolute atomic E-state index is 11.1. The molecule has 2 fully saturated rings. The predicted octanol–water partition coefficient (Wildman–Crippen LogP) is 7.59. The zero-order valence-electron chi connectivity index (χ0n) is 18.9. The van der Waals surface area contributed by atoms with Crippen molar-refractivity contribution in [1.82, 2.24) is 0 Å². The van der Waals surface area contributed by atoms with Gasteiger partial charge < -0.3 is 10.2 Å². The smallest absolute Gasteiger partial charge is 0.123 e. The first-order valence-electron chi connectivity index (χ1n) is 12.0. The molecule has 3 atom stereocenters. The summed E-state index contributed by atoms with van der Waals surface area (Å²) in [5.41, 5.74) is 3.78. The molecule has 1 aromatic rings. The standard InChI is InChI=1S/C27H40O2/c1-5-6-7-8-11-27(12-9-10-13-27)19-15-23(28)25(24(29)16-19)20-14-18(2)21-17-22(20)26(21,3)4/h14-16,20-22,28-29H,5-13,17H2,1-4H3/t20-,21-,22+/m0/s1. The zero-order valence-corrected chi connectivity index (χ0v) is 18.9. The predicted molar refractivity (Wildman–Crippen MR) is 121 cm³/mol. The average molecular weight is 397 g/mol. The lowest BCUT2D eigenvalue weighted by atomic mass is 9.45. The van der Waals surface area contributed by atoms with Crippen LogP contribution in [0.15, 0.2) is 23.8 Å². The summed E-state index contributed by atoms with van der Waals surface area (Å²) in [4.78, 5) is 0. The van der Waals surface area contributed by atoms with Gasteiger partial charge in [0.2, 0.25) is 0 Å². The Morgan fingerprint density at radius 3 is 2.21 bits per heavy atom. The van der Waals surface area contributed by atoms with E-state index in [1.165, 1.54) is 75.3 Å². The second-order valence-corrected chi connectivity index (χ2v) is 10.9. The highest BCUT2D eigenvalue weighted by Crippen LogP contribution is 2.65. The van der Waals surface area contributed by atoms with Crippen molar-refractivity contribution in [3.63, 3.8) is 0 Å². The van der Waals surface area contributed by atoms with E-state index in [1.54, 1.807) is 0 Å². The minimum absolute atomic E-state index is 0.133. The summed E-state index contributed by atoms with van der Waals surface area (Å²) in [6.07, 6.45) is 14.7. The molecule has 0 amide bonds. The highest BCUT2D eigenvalue weighted by Gasteiger charge is 2.55. The van der Waals surface area contributed by atoms with Crippen molar-refractivity contribution in [2.45, 2.75) is 103 Å². The summed E-state index contributed by atoms with van der Waals surface area (Å²) >= 11 is 0. The molecule has 29 heavy (non-hydrogen) atoms. The van der Waals surface area contributed by atoms with Crippen molar-refractivity contribution < 1.29 is 10.2 Å². The second-order valence-electron chi connectivity index (χ2n) is 10.9. The van der Waals surface area contributed by atoms with Crippen LogP contribution in [0.3, 0.4) is 0 Å². The number of hydrogen-bond donors (Lipinski definition) is 2. The van der Waals surface area contributed by atoms with Crippen LogP contribution in [0.5, 0.6) is 11.5 Å². The van der Waals surface area contributed by atoms with Crippen LogP contribution in [0, 0.1) is 17.3 Å². The molecular weight excluding hydrogens is 356 g/mol. The third kappa shape index (κ3) is 3.41. The molecule has 5 rings (SSSR count). The van der Waals surface area contributed by atoms with Gasteiger partial charge in [-0.3, -0.25) is 0 Å². The molecule has 2 heteroatoms. The first kappa shape index (κ1) is 20.8. The van der Waals surface area contributed by atoms with Gasteiger partial charge >= 0.3 is 0 Å². The van der Waals surface area contributed by atoms with Crippen LogP contribution >= 0.6 is 0 Å². The molecule has 0 saturated heterocycles. The number of phenols is 2. The largest absolute Gasteiger partial charge is 0.507 e. The van der Waals surface area contributed by atoms with Gasteiger partial charge in [0.05, 0.1) is 0 Å². The molecule has 160 valence electrons. The fraction of sp³-hybridized carbons (Fsp3) is 0.704. The lowest BCUT2D eigenvalue weighted by Crippen LogP contribution is -2.50. The van der Waals surface area contributed by atoms with E-state index in [0.717, 1.165) is 5.56 Å². The second kappa shape index (κ2) is 7.67. The summed E-state index contributed by atoms with van der Waals surface area (Å²) in [7, 11) is 0. The summed E-state index contributed by atoms with van der Waals surface area (Å²) in [6.45, 7) is 9.18. The third-order valence-electron chi connectivity index (χ3n) is 8.92. The maximum atomic E-state index is 11.1. The molecule has 2 N–H and O–H groups in total. The Balaban J connectivity index is 1.64. The van der Waals surface area contributed by atoms with Gasteiger partial charge in [-0.2, -0.15) is 0 Å². The number of unbranched alkanes of at least 4 members (excludes halogenated alkanes) is 3. The molecule has 0 aromatic heterocycles. The van der Waals surface area contributed by atoms with E-state index in [9.17, 15) is 10.2 Å². The fourth-order valence-corrected chi connectivity index (χ4v) is 7.04. The van der Waals surface area contributed by atoms with Crippen LogP contribution in [-0.2, 0) is 5.41 Å². The summed E-state index contributed by atoms with van der Waals surface area (Å²) in [5, 5.41) is 22.2. The lowest BCUT2D eigenvalue weighted by Gasteiger charge is -2.59. The molecular formula is C27H40O2. The SMILES string of the molecule is CCCCCCC1(c2cc(O)c([C@H]3C=C(C)[C@@H]4C[C@H]3C4(C)C)c(O)c2)CCCC1.